The first-order valence-corrected chi connectivity index (χ1v) is 6.54. The van der Waals surface area contributed by atoms with Gasteiger partial charge in [0.15, 0.2) is 0 Å². The zero-order valence-corrected chi connectivity index (χ0v) is 12.3. The second kappa shape index (κ2) is 6.36. The Hall–Kier alpha value is -2.11. The molecule has 1 aromatic rings. The van der Waals surface area contributed by atoms with Crippen LogP contribution in [0.3, 0.4) is 0 Å². The fourth-order valence-corrected chi connectivity index (χ4v) is 2.14. The van der Waals surface area contributed by atoms with E-state index in [0.29, 0.717) is 11.4 Å². The predicted molar refractivity (Wildman–Crippen MR) is 77.0 cm³/mol. The lowest BCUT2D eigenvalue weighted by atomic mass is 10.1. The van der Waals surface area contributed by atoms with Crippen molar-refractivity contribution in [3.63, 3.8) is 0 Å². The Morgan fingerprint density at radius 2 is 2.05 bits per heavy atom. The smallest absolute Gasteiger partial charge is 0.323 e. The fraction of sp³-hybridized carbons (Fsp3) is 0.500. The Morgan fingerprint density at radius 1 is 1.45 bits per heavy atom. The Balaban J connectivity index is 3.45. The third kappa shape index (κ3) is 3.46. The average Bonchev–Trinajstić information content (AvgIpc) is 2.33. The van der Waals surface area contributed by atoms with E-state index in [0.717, 1.165) is 12.1 Å². The summed E-state index contributed by atoms with van der Waals surface area (Å²) in [6.45, 7) is 7.20. The molecule has 0 radical (unpaired) electrons. The molecule has 6 heteroatoms. The molecule has 6 nitrogen and oxygen atoms in total. The standard InChI is InChI=1S/C14H21N3O3/c1-5-10(4)17(7-11(18)19)14-12(13(15)20)8(2)6-9(3)16-14/h6,10H,5,7H2,1-4H3,(H2,15,20)(H,18,19). The molecule has 0 spiro atoms. The van der Waals surface area contributed by atoms with Crippen molar-refractivity contribution in [3.8, 4) is 0 Å². The number of carboxylic acids is 1. The van der Waals surface area contributed by atoms with E-state index in [-0.39, 0.29) is 18.2 Å². The summed E-state index contributed by atoms with van der Waals surface area (Å²) in [5.74, 6) is -1.21. The lowest BCUT2D eigenvalue weighted by molar-refractivity contribution is -0.135. The lowest BCUT2D eigenvalue weighted by Crippen LogP contribution is -2.39. The molecule has 1 amide bonds. The maximum Gasteiger partial charge on any atom is 0.323 e. The molecule has 1 aromatic heterocycles. The molecule has 0 bridgehead atoms. The molecule has 110 valence electrons. The number of carboxylic acid groups (broad SMARTS) is 1. The number of carbonyl (C=O) groups is 2. The van der Waals surface area contributed by atoms with Gasteiger partial charge in [-0.05, 0) is 38.8 Å². The molecule has 0 aliphatic heterocycles. The van der Waals surface area contributed by atoms with E-state index >= 15 is 0 Å². The van der Waals surface area contributed by atoms with E-state index in [1.807, 2.05) is 13.8 Å². The van der Waals surface area contributed by atoms with Crippen molar-refractivity contribution in [2.45, 2.75) is 40.2 Å². The van der Waals surface area contributed by atoms with Crippen molar-refractivity contribution in [2.24, 2.45) is 5.73 Å². The van der Waals surface area contributed by atoms with Gasteiger partial charge in [0.1, 0.15) is 12.4 Å². The Labute approximate surface area is 118 Å². The lowest BCUT2D eigenvalue weighted by Gasteiger charge is -2.30. The van der Waals surface area contributed by atoms with Crippen LogP contribution in [0.25, 0.3) is 0 Å². The van der Waals surface area contributed by atoms with Gasteiger partial charge >= 0.3 is 5.97 Å². The molecule has 0 aromatic carbocycles. The van der Waals surface area contributed by atoms with Crippen LogP contribution in [0.15, 0.2) is 6.07 Å². The molecule has 20 heavy (non-hydrogen) atoms. The number of nitrogens with two attached hydrogens (primary N) is 1. The third-order valence-corrected chi connectivity index (χ3v) is 3.27. The van der Waals surface area contributed by atoms with Gasteiger partial charge in [0.05, 0.1) is 5.56 Å². The highest BCUT2D eigenvalue weighted by Gasteiger charge is 2.24. The molecule has 1 rings (SSSR count). The first-order chi connectivity index (χ1) is 9.27. The highest BCUT2D eigenvalue weighted by Crippen LogP contribution is 2.24. The van der Waals surface area contributed by atoms with Crippen LogP contribution in [-0.2, 0) is 4.79 Å². The summed E-state index contributed by atoms with van der Waals surface area (Å²) in [5, 5.41) is 9.07. The molecule has 0 fully saturated rings. The minimum Gasteiger partial charge on any atom is -0.480 e. The van der Waals surface area contributed by atoms with Crippen LogP contribution in [0.2, 0.25) is 0 Å². The van der Waals surface area contributed by atoms with Gasteiger partial charge < -0.3 is 15.7 Å². The number of aryl methyl sites for hydroxylation is 2. The number of primary amides is 1. The Bertz CT molecular complexity index is 529. The number of amides is 1. The highest BCUT2D eigenvalue weighted by molar-refractivity contribution is 5.99. The Kier molecular flexibility index (Phi) is 5.07. The van der Waals surface area contributed by atoms with Crippen LogP contribution in [0.4, 0.5) is 5.82 Å². The summed E-state index contributed by atoms with van der Waals surface area (Å²) in [5.41, 5.74) is 7.14. The summed E-state index contributed by atoms with van der Waals surface area (Å²) in [7, 11) is 0. The fourth-order valence-electron chi connectivity index (χ4n) is 2.14. The molecular weight excluding hydrogens is 258 g/mol. The first-order valence-electron chi connectivity index (χ1n) is 6.54. The van der Waals surface area contributed by atoms with Crippen LogP contribution in [0, 0.1) is 13.8 Å². The van der Waals surface area contributed by atoms with E-state index in [9.17, 15) is 9.59 Å². The van der Waals surface area contributed by atoms with Gasteiger partial charge in [0.2, 0.25) is 0 Å². The minimum atomic E-state index is -0.971. The number of carbonyl (C=O) groups excluding carboxylic acids is 1. The minimum absolute atomic E-state index is 0.0575. The topological polar surface area (TPSA) is 96.5 Å². The van der Waals surface area contributed by atoms with Crippen LogP contribution in [0.5, 0.6) is 0 Å². The average molecular weight is 279 g/mol. The highest BCUT2D eigenvalue weighted by atomic mass is 16.4. The van der Waals surface area contributed by atoms with Crippen molar-refractivity contribution < 1.29 is 14.7 Å². The van der Waals surface area contributed by atoms with E-state index in [1.54, 1.807) is 24.8 Å². The summed E-state index contributed by atoms with van der Waals surface area (Å²) in [4.78, 5) is 28.7. The van der Waals surface area contributed by atoms with Gasteiger partial charge in [-0.2, -0.15) is 0 Å². The summed E-state index contributed by atoms with van der Waals surface area (Å²) in [6.07, 6.45) is 0.736. The van der Waals surface area contributed by atoms with Crippen LogP contribution >= 0.6 is 0 Å². The number of anilines is 1. The SMILES string of the molecule is CCC(C)N(CC(=O)O)c1nc(C)cc(C)c1C(N)=O. The molecule has 0 saturated carbocycles. The second-order valence-electron chi connectivity index (χ2n) is 4.92. The van der Waals surface area contributed by atoms with Gasteiger partial charge in [-0.25, -0.2) is 4.98 Å². The molecule has 1 unspecified atom stereocenters. The number of nitrogens with zero attached hydrogens (tertiary/aromatic N) is 2. The largest absolute Gasteiger partial charge is 0.480 e. The summed E-state index contributed by atoms with van der Waals surface area (Å²) >= 11 is 0. The summed E-state index contributed by atoms with van der Waals surface area (Å²) in [6, 6.07) is 1.71. The molecule has 0 aliphatic rings. The molecule has 0 saturated heterocycles. The van der Waals surface area contributed by atoms with E-state index in [4.69, 9.17) is 10.8 Å². The molecular formula is C14H21N3O3. The quantitative estimate of drug-likeness (QED) is 0.822. The second-order valence-corrected chi connectivity index (χ2v) is 4.92. The van der Waals surface area contributed by atoms with Crippen LogP contribution < -0.4 is 10.6 Å². The summed E-state index contributed by atoms with van der Waals surface area (Å²) < 4.78 is 0. The number of hydrogen-bond acceptors (Lipinski definition) is 4. The molecule has 1 heterocycles. The molecule has 3 N–H and O–H groups in total. The van der Waals surface area contributed by atoms with E-state index < -0.39 is 11.9 Å². The molecule has 0 aliphatic carbocycles. The normalized spacial score (nSPS) is 12.0. The number of pyridine rings is 1. The Morgan fingerprint density at radius 3 is 2.50 bits per heavy atom. The van der Waals surface area contributed by atoms with Crippen molar-refractivity contribution in [3.05, 3.63) is 22.9 Å². The van der Waals surface area contributed by atoms with Gasteiger partial charge in [-0.1, -0.05) is 6.92 Å². The maximum atomic E-state index is 11.7. The van der Waals surface area contributed by atoms with Crippen molar-refractivity contribution >= 4 is 17.7 Å². The van der Waals surface area contributed by atoms with Crippen LogP contribution in [-0.4, -0.2) is 34.6 Å². The van der Waals surface area contributed by atoms with Crippen LogP contribution in [0.1, 0.15) is 41.9 Å². The van der Waals surface area contributed by atoms with E-state index in [2.05, 4.69) is 4.98 Å². The van der Waals surface area contributed by atoms with E-state index in [1.165, 1.54) is 0 Å². The number of hydrogen-bond donors (Lipinski definition) is 2. The number of aliphatic carboxylic acids is 1. The molecule has 1 atom stereocenters. The van der Waals surface area contributed by atoms with Crippen molar-refractivity contribution in [2.75, 3.05) is 11.4 Å². The maximum absolute atomic E-state index is 11.7. The number of rotatable bonds is 6. The first kappa shape index (κ1) is 15.9. The van der Waals surface area contributed by atoms with Gasteiger partial charge in [0, 0.05) is 11.7 Å². The third-order valence-electron chi connectivity index (χ3n) is 3.27. The number of aromatic nitrogens is 1. The zero-order valence-electron chi connectivity index (χ0n) is 12.3. The van der Waals surface area contributed by atoms with Gasteiger partial charge in [-0.3, -0.25) is 9.59 Å². The predicted octanol–water partition coefficient (Wildman–Crippen LogP) is 1.49. The van der Waals surface area contributed by atoms with Crippen molar-refractivity contribution in [1.82, 2.24) is 4.98 Å². The monoisotopic (exact) mass is 279 g/mol. The van der Waals surface area contributed by atoms with Gasteiger partial charge in [-0.15, -0.1) is 0 Å². The zero-order chi connectivity index (χ0) is 15.4. The van der Waals surface area contributed by atoms with Gasteiger partial charge in [0.25, 0.3) is 5.91 Å². The van der Waals surface area contributed by atoms with Crippen molar-refractivity contribution in [1.29, 1.82) is 0 Å².